The summed E-state index contributed by atoms with van der Waals surface area (Å²) in [4.78, 5) is 17.0. The van der Waals surface area contributed by atoms with Gasteiger partial charge in [0, 0.05) is 23.5 Å². The standard InChI is InChI=1S/C21H19N3O3/c1-24-18-9-8-17(26-2)10-15(18)11-19(24)20(25)22-12-16-13-27-21(23-16)14-6-4-3-5-7-14/h3-11,13H,12H2,1-2H3,(H,22,25). The number of rotatable bonds is 5. The van der Waals surface area contributed by atoms with Crippen molar-refractivity contribution in [3.05, 3.63) is 72.2 Å². The summed E-state index contributed by atoms with van der Waals surface area (Å²) in [6, 6.07) is 17.2. The molecule has 0 aliphatic heterocycles. The number of aryl methyl sites for hydroxylation is 1. The van der Waals surface area contributed by atoms with E-state index in [1.807, 2.05) is 66.2 Å². The number of benzene rings is 2. The third-order valence-electron chi connectivity index (χ3n) is 4.48. The molecular formula is C21H19N3O3. The Kier molecular flexibility index (Phi) is 4.38. The first-order chi connectivity index (χ1) is 13.2. The molecule has 2 aromatic heterocycles. The molecule has 0 radical (unpaired) electrons. The van der Waals surface area contributed by atoms with E-state index in [0.29, 0.717) is 23.8 Å². The minimum absolute atomic E-state index is 0.170. The van der Waals surface area contributed by atoms with Crippen LogP contribution in [0.4, 0.5) is 0 Å². The van der Waals surface area contributed by atoms with Crippen LogP contribution in [0.5, 0.6) is 5.75 Å². The second-order valence-electron chi connectivity index (χ2n) is 6.21. The molecule has 0 fully saturated rings. The molecule has 4 aromatic rings. The molecule has 6 heteroatoms. The summed E-state index contributed by atoms with van der Waals surface area (Å²) in [6.45, 7) is 0.292. The Hall–Kier alpha value is -3.54. The van der Waals surface area contributed by atoms with Gasteiger partial charge in [0.25, 0.3) is 5.91 Å². The fourth-order valence-corrected chi connectivity index (χ4v) is 3.04. The second kappa shape index (κ2) is 6.99. The van der Waals surface area contributed by atoms with Crippen molar-refractivity contribution in [1.82, 2.24) is 14.9 Å². The number of ether oxygens (including phenoxy) is 1. The van der Waals surface area contributed by atoms with Gasteiger partial charge in [0.15, 0.2) is 0 Å². The van der Waals surface area contributed by atoms with Gasteiger partial charge in [-0.25, -0.2) is 4.98 Å². The maximum atomic E-state index is 12.6. The number of hydrogen-bond donors (Lipinski definition) is 1. The van der Waals surface area contributed by atoms with E-state index in [4.69, 9.17) is 9.15 Å². The van der Waals surface area contributed by atoms with Crippen LogP contribution in [0.1, 0.15) is 16.2 Å². The lowest BCUT2D eigenvalue weighted by Crippen LogP contribution is -2.24. The summed E-state index contributed by atoms with van der Waals surface area (Å²) in [5.74, 6) is 1.13. The fraction of sp³-hybridized carbons (Fsp3) is 0.143. The highest BCUT2D eigenvalue weighted by molar-refractivity contribution is 5.99. The Bertz CT molecular complexity index is 1100. The normalized spacial score (nSPS) is 10.9. The molecule has 0 aliphatic rings. The first-order valence-corrected chi connectivity index (χ1v) is 8.57. The van der Waals surface area contributed by atoms with Gasteiger partial charge in [-0.05, 0) is 36.4 Å². The average Bonchev–Trinajstić information content (AvgIpc) is 3.31. The predicted molar refractivity (Wildman–Crippen MR) is 103 cm³/mol. The molecule has 4 rings (SSSR count). The number of methoxy groups -OCH3 is 1. The molecule has 2 aromatic carbocycles. The highest BCUT2D eigenvalue weighted by Gasteiger charge is 2.14. The van der Waals surface area contributed by atoms with E-state index < -0.39 is 0 Å². The van der Waals surface area contributed by atoms with Crippen LogP contribution in [0.25, 0.3) is 22.4 Å². The van der Waals surface area contributed by atoms with E-state index in [2.05, 4.69) is 10.3 Å². The molecule has 0 spiro atoms. The Morgan fingerprint density at radius 2 is 2.00 bits per heavy atom. The Morgan fingerprint density at radius 3 is 2.78 bits per heavy atom. The molecule has 0 saturated carbocycles. The molecule has 0 saturated heterocycles. The molecule has 1 amide bonds. The zero-order chi connectivity index (χ0) is 18.8. The van der Waals surface area contributed by atoms with Crippen molar-refractivity contribution < 1.29 is 13.9 Å². The number of carbonyl (C=O) groups is 1. The van der Waals surface area contributed by atoms with Crippen LogP contribution in [0.15, 0.2) is 65.3 Å². The van der Waals surface area contributed by atoms with E-state index in [0.717, 1.165) is 22.2 Å². The molecular weight excluding hydrogens is 342 g/mol. The van der Waals surface area contributed by atoms with Crippen molar-refractivity contribution >= 4 is 16.8 Å². The van der Waals surface area contributed by atoms with Crippen LogP contribution in [0.3, 0.4) is 0 Å². The molecule has 136 valence electrons. The monoisotopic (exact) mass is 361 g/mol. The SMILES string of the molecule is COc1ccc2c(c1)cc(C(=O)NCc1coc(-c3ccccc3)n1)n2C. The van der Waals surface area contributed by atoms with Crippen molar-refractivity contribution in [3.8, 4) is 17.2 Å². The van der Waals surface area contributed by atoms with Crippen molar-refractivity contribution in [2.24, 2.45) is 7.05 Å². The second-order valence-corrected chi connectivity index (χ2v) is 6.21. The summed E-state index contributed by atoms with van der Waals surface area (Å²) in [5.41, 5.74) is 3.11. The summed E-state index contributed by atoms with van der Waals surface area (Å²) >= 11 is 0. The summed E-state index contributed by atoms with van der Waals surface area (Å²) in [7, 11) is 3.49. The molecule has 0 aliphatic carbocycles. The molecule has 27 heavy (non-hydrogen) atoms. The highest BCUT2D eigenvalue weighted by Crippen LogP contribution is 2.24. The minimum Gasteiger partial charge on any atom is -0.497 e. The number of oxazole rings is 1. The van der Waals surface area contributed by atoms with Crippen molar-refractivity contribution in [1.29, 1.82) is 0 Å². The fourth-order valence-electron chi connectivity index (χ4n) is 3.04. The lowest BCUT2D eigenvalue weighted by atomic mass is 10.2. The summed E-state index contributed by atoms with van der Waals surface area (Å²) in [6.07, 6.45) is 1.56. The molecule has 1 N–H and O–H groups in total. The molecule has 0 unspecified atom stereocenters. The van der Waals surface area contributed by atoms with E-state index in [1.165, 1.54) is 0 Å². The van der Waals surface area contributed by atoms with Crippen LogP contribution in [0, 0.1) is 0 Å². The van der Waals surface area contributed by atoms with Gasteiger partial charge in [-0.3, -0.25) is 4.79 Å². The zero-order valence-corrected chi connectivity index (χ0v) is 15.1. The van der Waals surface area contributed by atoms with Gasteiger partial charge in [-0.2, -0.15) is 0 Å². The largest absolute Gasteiger partial charge is 0.497 e. The lowest BCUT2D eigenvalue weighted by Gasteiger charge is -2.05. The number of amides is 1. The summed E-state index contributed by atoms with van der Waals surface area (Å²) < 4.78 is 12.6. The predicted octanol–water partition coefficient (Wildman–Crippen LogP) is 3.77. The number of nitrogens with one attached hydrogen (secondary N) is 1. The van der Waals surface area contributed by atoms with Crippen LogP contribution >= 0.6 is 0 Å². The Labute approximate surface area is 156 Å². The molecule has 0 bridgehead atoms. The topological polar surface area (TPSA) is 69.3 Å². The van der Waals surface area contributed by atoms with Crippen LogP contribution in [0.2, 0.25) is 0 Å². The Morgan fingerprint density at radius 1 is 1.19 bits per heavy atom. The van der Waals surface area contributed by atoms with Gasteiger partial charge >= 0.3 is 0 Å². The van der Waals surface area contributed by atoms with Gasteiger partial charge in [-0.1, -0.05) is 18.2 Å². The lowest BCUT2D eigenvalue weighted by molar-refractivity contribution is 0.0942. The van der Waals surface area contributed by atoms with Gasteiger partial charge in [0.05, 0.1) is 19.3 Å². The van der Waals surface area contributed by atoms with Gasteiger partial charge < -0.3 is 19.0 Å². The Balaban J connectivity index is 1.49. The minimum atomic E-state index is -0.170. The van der Waals surface area contributed by atoms with Gasteiger partial charge in [-0.15, -0.1) is 0 Å². The number of hydrogen-bond acceptors (Lipinski definition) is 4. The maximum absolute atomic E-state index is 12.6. The van der Waals surface area contributed by atoms with Crippen molar-refractivity contribution in [2.75, 3.05) is 7.11 Å². The van der Waals surface area contributed by atoms with Crippen LogP contribution in [-0.2, 0) is 13.6 Å². The molecule has 0 atom stereocenters. The molecule has 2 heterocycles. The quantitative estimate of drug-likeness (QED) is 0.587. The first kappa shape index (κ1) is 16.9. The van der Waals surface area contributed by atoms with Crippen LogP contribution < -0.4 is 10.1 Å². The smallest absolute Gasteiger partial charge is 0.268 e. The first-order valence-electron chi connectivity index (χ1n) is 8.57. The van der Waals surface area contributed by atoms with Crippen molar-refractivity contribution in [3.63, 3.8) is 0 Å². The number of aromatic nitrogens is 2. The van der Waals surface area contributed by atoms with E-state index in [-0.39, 0.29) is 5.91 Å². The van der Waals surface area contributed by atoms with E-state index in [9.17, 15) is 4.79 Å². The van der Waals surface area contributed by atoms with E-state index in [1.54, 1.807) is 13.4 Å². The number of nitrogens with zero attached hydrogens (tertiary/aromatic N) is 2. The third kappa shape index (κ3) is 3.29. The third-order valence-corrected chi connectivity index (χ3v) is 4.48. The summed E-state index contributed by atoms with van der Waals surface area (Å²) in [5, 5.41) is 3.85. The molecule has 6 nitrogen and oxygen atoms in total. The van der Waals surface area contributed by atoms with Crippen molar-refractivity contribution in [2.45, 2.75) is 6.54 Å². The van der Waals surface area contributed by atoms with Crippen LogP contribution in [-0.4, -0.2) is 22.6 Å². The zero-order valence-electron chi connectivity index (χ0n) is 15.1. The number of fused-ring (bicyclic) bond motifs is 1. The highest BCUT2D eigenvalue weighted by atomic mass is 16.5. The number of carbonyl (C=O) groups excluding carboxylic acids is 1. The van der Waals surface area contributed by atoms with Gasteiger partial charge in [0.2, 0.25) is 5.89 Å². The van der Waals surface area contributed by atoms with Gasteiger partial charge in [0.1, 0.15) is 17.7 Å². The van der Waals surface area contributed by atoms with E-state index >= 15 is 0 Å². The maximum Gasteiger partial charge on any atom is 0.268 e. The average molecular weight is 361 g/mol.